The number of rotatable bonds is 4. The Labute approximate surface area is 144 Å². The summed E-state index contributed by atoms with van der Waals surface area (Å²) >= 11 is 0. The van der Waals surface area contributed by atoms with Gasteiger partial charge in [-0.2, -0.15) is 5.10 Å². The van der Waals surface area contributed by atoms with Gasteiger partial charge < -0.3 is 9.73 Å². The third-order valence-electron chi connectivity index (χ3n) is 3.99. The minimum absolute atomic E-state index is 0.127. The first-order valence-electron chi connectivity index (χ1n) is 7.97. The van der Waals surface area contributed by atoms with Crippen LogP contribution in [0.4, 0.5) is 5.69 Å². The van der Waals surface area contributed by atoms with Gasteiger partial charge in [0.05, 0.1) is 0 Å². The number of carbonyl (C=O) groups is 1. The number of para-hydroxylation sites is 2. The molecule has 0 radical (unpaired) electrons. The molecule has 124 valence electrons. The Morgan fingerprint density at radius 2 is 1.92 bits per heavy atom. The maximum absolute atomic E-state index is 12.3. The van der Waals surface area contributed by atoms with Gasteiger partial charge in [-0.3, -0.25) is 9.48 Å². The number of nitrogens with zero attached hydrogens (tertiary/aromatic N) is 3. The van der Waals surface area contributed by atoms with Gasteiger partial charge in [0, 0.05) is 23.6 Å². The fourth-order valence-corrected chi connectivity index (χ4v) is 2.57. The molecule has 0 aliphatic rings. The highest BCUT2D eigenvalue weighted by molar-refractivity contribution is 5.93. The lowest BCUT2D eigenvalue weighted by atomic mass is 10.2. The van der Waals surface area contributed by atoms with Gasteiger partial charge in [0.25, 0.3) is 0 Å². The monoisotopic (exact) mass is 332 g/mol. The van der Waals surface area contributed by atoms with E-state index in [4.69, 9.17) is 4.42 Å². The van der Waals surface area contributed by atoms with Crippen molar-refractivity contribution in [1.29, 1.82) is 0 Å². The van der Waals surface area contributed by atoms with Crippen molar-refractivity contribution in [2.45, 2.75) is 13.0 Å². The first-order valence-corrected chi connectivity index (χ1v) is 7.97. The normalized spacial score (nSPS) is 12.2. The first-order chi connectivity index (χ1) is 12.2. The van der Waals surface area contributed by atoms with Gasteiger partial charge in [-0.05, 0) is 49.4 Å². The molecule has 2 aromatic carbocycles. The Bertz CT molecular complexity index is 971. The largest absolute Gasteiger partial charge is 0.436 e. The van der Waals surface area contributed by atoms with Gasteiger partial charge in [-0.1, -0.05) is 12.1 Å². The van der Waals surface area contributed by atoms with Crippen LogP contribution in [0.25, 0.3) is 22.6 Å². The van der Waals surface area contributed by atoms with E-state index in [0.717, 1.165) is 16.7 Å². The molecule has 1 amide bonds. The highest BCUT2D eigenvalue weighted by Crippen LogP contribution is 2.25. The highest BCUT2D eigenvalue weighted by Gasteiger charge is 2.15. The van der Waals surface area contributed by atoms with E-state index in [9.17, 15) is 4.79 Å². The van der Waals surface area contributed by atoms with Crippen LogP contribution in [0.5, 0.6) is 0 Å². The zero-order valence-electron chi connectivity index (χ0n) is 13.6. The van der Waals surface area contributed by atoms with Gasteiger partial charge in [-0.15, -0.1) is 0 Å². The zero-order valence-corrected chi connectivity index (χ0v) is 13.6. The molecule has 2 heterocycles. The molecule has 6 nitrogen and oxygen atoms in total. The van der Waals surface area contributed by atoms with Gasteiger partial charge in [0.2, 0.25) is 11.8 Å². The lowest BCUT2D eigenvalue weighted by molar-refractivity contribution is -0.119. The van der Waals surface area contributed by atoms with Crippen molar-refractivity contribution in [3.8, 4) is 11.5 Å². The van der Waals surface area contributed by atoms with Crippen molar-refractivity contribution in [2.24, 2.45) is 0 Å². The van der Waals surface area contributed by atoms with E-state index in [1.807, 2.05) is 48.5 Å². The minimum Gasteiger partial charge on any atom is -0.436 e. The van der Waals surface area contributed by atoms with Gasteiger partial charge in [0.1, 0.15) is 11.6 Å². The molecular formula is C19H16N4O2. The summed E-state index contributed by atoms with van der Waals surface area (Å²) in [5.74, 6) is 0.433. The Hall–Kier alpha value is -3.41. The Morgan fingerprint density at radius 1 is 1.12 bits per heavy atom. The van der Waals surface area contributed by atoms with Crippen LogP contribution in [0.15, 0.2) is 71.4 Å². The molecule has 0 aliphatic heterocycles. The highest BCUT2D eigenvalue weighted by atomic mass is 16.3. The van der Waals surface area contributed by atoms with Crippen LogP contribution < -0.4 is 5.32 Å². The van der Waals surface area contributed by atoms with Crippen LogP contribution in [-0.4, -0.2) is 20.7 Å². The standard InChI is InChI=1S/C19H16N4O2/c1-13(23-12-4-11-20-23)18(24)21-15-9-7-14(8-10-15)19-22-16-5-2-3-6-17(16)25-19/h2-13H,1H3,(H,21,24). The van der Waals surface area contributed by atoms with E-state index in [1.165, 1.54) is 0 Å². The summed E-state index contributed by atoms with van der Waals surface area (Å²) in [5, 5.41) is 6.97. The van der Waals surface area contributed by atoms with Crippen LogP contribution >= 0.6 is 0 Å². The number of amides is 1. The Morgan fingerprint density at radius 3 is 2.64 bits per heavy atom. The maximum atomic E-state index is 12.3. The van der Waals surface area contributed by atoms with Crippen LogP contribution in [-0.2, 0) is 4.79 Å². The van der Waals surface area contributed by atoms with Crippen molar-refractivity contribution in [1.82, 2.24) is 14.8 Å². The second-order valence-corrected chi connectivity index (χ2v) is 5.72. The molecule has 1 unspecified atom stereocenters. The molecule has 6 heteroatoms. The average molecular weight is 332 g/mol. The molecule has 1 atom stereocenters. The summed E-state index contributed by atoms with van der Waals surface area (Å²) in [6, 6.07) is 16.5. The van der Waals surface area contributed by atoms with E-state index in [-0.39, 0.29) is 11.9 Å². The van der Waals surface area contributed by atoms with E-state index >= 15 is 0 Å². The van der Waals surface area contributed by atoms with E-state index < -0.39 is 0 Å². The summed E-state index contributed by atoms with van der Waals surface area (Å²) in [4.78, 5) is 16.8. The second kappa shape index (κ2) is 6.24. The number of hydrogen-bond donors (Lipinski definition) is 1. The molecule has 2 aromatic heterocycles. The zero-order chi connectivity index (χ0) is 17.2. The second-order valence-electron chi connectivity index (χ2n) is 5.72. The molecule has 0 fully saturated rings. The number of fused-ring (bicyclic) bond motifs is 1. The number of nitrogens with one attached hydrogen (secondary N) is 1. The van der Waals surface area contributed by atoms with Crippen LogP contribution in [0, 0.1) is 0 Å². The summed E-state index contributed by atoms with van der Waals surface area (Å²) in [5.41, 5.74) is 3.14. The summed E-state index contributed by atoms with van der Waals surface area (Å²) < 4.78 is 7.37. The summed E-state index contributed by atoms with van der Waals surface area (Å²) in [6.45, 7) is 1.80. The third-order valence-corrected chi connectivity index (χ3v) is 3.99. The third kappa shape index (κ3) is 3.01. The number of hydrogen-bond acceptors (Lipinski definition) is 4. The van der Waals surface area contributed by atoms with Gasteiger partial charge in [-0.25, -0.2) is 4.98 Å². The quantitative estimate of drug-likeness (QED) is 0.615. The van der Waals surface area contributed by atoms with E-state index in [0.29, 0.717) is 11.6 Å². The number of aromatic nitrogens is 3. The molecule has 0 saturated heterocycles. The first kappa shape index (κ1) is 15.1. The maximum Gasteiger partial charge on any atom is 0.248 e. The molecule has 0 bridgehead atoms. The topological polar surface area (TPSA) is 73.0 Å². The fourth-order valence-electron chi connectivity index (χ4n) is 2.57. The number of oxazole rings is 1. The summed E-state index contributed by atoms with van der Waals surface area (Å²) in [7, 11) is 0. The van der Waals surface area contributed by atoms with Crippen molar-refractivity contribution in [3.05, 3.63) is 67.0 Å². The summed E-state index contributed by atoms with van der Waals surface area (Å²) in [6.07, 6.45) is 3.42. The molecule has 4 rings (SSSR count). The lowest BCUT2D eigenvalue weighted by Crippen LogP contribution is -2.23. The van der Waals surface area contributed by atoms with Gasteiger partial charge in [0.15, 0.2) is 5.58 Å². The Kier molecular flexibility index (Phi) is 3.78. The van der Waals surface area contributed by atoms with Crippen molar-refractivity contribution >= 4 is 22.7 Å². The van der Waals surface area contributed by atoms with Crippen molar-refractivity contribution < 1.29 is 9.21 Å². The number of benzene rings is 2. The predicted octanol–water partition coefficient (Wildman–Crippen LogP) is 3.89. The molecular weight excluding hydrogens is 316 g/mol. The van der Waals surface area contributed by atoms with Crippen LogP contribution in [0.1, 0.15) is 13.0 Å². The SMILES string of the molecule is CC(C(=O)Nc1ccc(-c2nc3ccccc3o2)cc1)n1cccn1. The van der Waals surface area contributed by atoms with Crippen LogP contribution in [0.2, 0.25) is 0 Å². The fraction of sp³-hybridized carbons (Fsp3) is 0.105. The molecule has 1 N–H and O–H groups in total. The lowest BCUT2D eigenvalue weighted by Gasteiger charge is -2.12. The molecule has 0 saturated carbocycles. The molecule has 25 heavy (non-hydrogen) atoms. The van der Waals surface area contributed by atoms with Gasteiger partial charge >= 0.3 is 0 Å². The van der Waals surface area contributed by atoms with E-state index in [1.54, 1.807) is 30.1 Å². The van der Waals surface area contributed by atoms with Crippen molar-refractivity contribution in [2.75, 3.05) is 5.32 Å². The van der Waals surface area contributed by atoms with Crippen LogP contribution in [0.3, 0.4) is 0 Å². The molecule has 4 aromatic rings. The predicted molar refractivity (Wildman–Crippen MR) is 95.0 cm³/mol. The van der Waals surface area contributed by atoms with Crippen molar-refractivity contribution in [3.63, 3.8) is 0 Å². The smallest absolute Gasteiger partial charge is 0.248 e. The number of anilines is 1. The van der Waals surface area contributed by atoms with E-state index in [2.05, 4.69) is 15.4 Å². The molecule has 0 aliphatic carbocycles. The number of carbonyl (C=O) groups excluding carboxylic acids is 1. The Balaban J connectivity index is 1.51. The minimum atomic E-state index is -0.383. The average Bonchev–Trinajstić information content (AvgIpc) is 3.31. The molecule has 0 spiro atoms.